The van der Waals surface area contributed by atoms with Gasteiger partial charge < -0.3 is 25.0 Å². The van der Waals surface area contributed by atoms with Crippen LogP contribution in [0.2, 0.25) is 0 Å². The fourth-order valence-electron chi connectivity index (χ4n) is 5.63. The lowest BCUT2D eigenvalue weighted by Gasteiger charge is -2.46. The van der Waals surface area contributed by atoms with Crippen molar-refractivity contribution in [1.29, 1.82) is 0 Å². The number of piperazine rings is 2. The summed E-state index contributed by atoms with van der Waals surface area (Å²) in [6, 6.07) is 2.02. The van der Waals surface area contributed by atoms with Crippen LogP contribution in [0, 0.1) is 12.8 Å². The van der Waals surface area contributed by atoms with E-state index in [4.69, 9.17) is 9.97 Å². The van der Waals surface area contributed by atoms with E-state index in [1.165, 1.54) is 11.4 Å². The summed E-state index contributed by atoms with van der Waals surface area (Å²) in [5.74, 6) is 2.51. The molecule has 3 aliphatic heterocycles. The molecule has 1 unspecified atom stereocenters. The van der Waals surface area contributed by atoms with Gasteiger partial charge in [-0.25, -0.2) is 4.98 Å². The molecule has 2 aromatic heterocycles. The summed E-state index contributed by atoms with van der Waals surface area (Å²) in [4.78, 5) is 28.9. The molecule has 38 heavy (non-hydrogen) atoms. The second kappa shape index (κ2) is 10.9. The van der Waals surface area contributed by atoms with Gasteiger partial charge >= 0.3 is 0 Å². The highest BCUT2D eigenvalue weighted by atomic mass is 16.1. The maximum Gasteiger partial charge on any atom is 0.253 e. The first-order valence-electron chi connectivity index (χ1n) is 13.9. The van der Waals surface area contributed by atoms with E-state index >= 15 is 0 Å². The average Bonchev–Trinajstić information content (AvgIpc) is 2.92. The number of hydrogen-bond donors (Lipinski definition) is 2. The Labute approximate surface area is 226 Å². The van der Waals surface area contributed by atoms with Crippen molar-refractivity contribution in [3.8, 4) is 0 Å². The summed E-state index contributed by atoms with van der Waals surface area (Å²) in [5.41, 5.74) is 3.92. The molecule has 2 N–H and O–H groups in total. The maximum absolute atomic E-state index is 12.3. The zero-order chi connectivity index (χ0) is 26.9. The van der Waals surface area contributed by atoms with E-state index in [0.29, 0.717) is 5.92 Å². The number of aryl methyl sites for hydroxylation is 2. The number of dihydropyridines is 1. The van der Waals surface area contributed by atoms with Crippen LogP contribution in [0.1, 0.15) is 37.6 Å². The summed E-state index contributed by atoms with van der Waals surface area (Å²) in [6.45, 7) is 17.4. The summed E-state index contributed by atoms with van der Waals surface area (Å²) >= 11 is 0. The molecule has 5 rings (SSSR count). The molecule has 1 atom stereocenters. The smallest absolute Gasteiger partial charge is 0.253 e. The molecular formula is C29H42N8O. The van der Waals surface area contributed by atoms with Gasteiger partial charge in [0.05, 0.1) is 23.6 Å². The molecule has 3 aliphatic rings. The second-order valence-electron chi connectivity index (χ2n) is 11.3. The van der Waals surface area contributed by atoms with E-state index in [-0.39, 0.29) is 11.1 Å². The van der Waals surface area contributed by atoms with Crippen LogP contribution in [0.3, 0.4) is 0 Å². The molecule has 2 fully saturated rings. The van der Waals surface area contributed by atoms with E-state index in [9.17, 15) is 4.79 Å². The molecule has 204 valence electrons. The average molecular weight is 519 g/mol. The molecule has 2 aromatic rings. The van der Waals surface area contributed by atoms with Crippen molar-refractivity contribution >= 4 is 11.4 Å². The first-order chi connectivity index (χ1) is 18.2. The van der Waals surface area contributed by atoms with Gasteiger partial charge in [0.1, 0.15) is 11.6 Å². The van der Waals surface area contributed by atoms with Crippen molar-refractivity contribution < 1.29 is 0 Å². The Morgan fingerprint density at radius 1 is 1.00 bits per heavy atom. The zero-order valence-corrected chi connectivity index (χ0v) is 23.5. The molecule has 9 nitrogen and oxygen atoms in total. The van der Waals surface area contributed by atoms with Gasteiger partial charge in [0.2, 0.25) is 0 Å². The van der Waals surface area contributed by atoms with Crippen molar-refractivity contribution in [1.82, 2.24) is 35.0 Å². The van der Waals surface area contributed by atoms with Crippen molar-refractivity contribution in [2.24, 2.45) is 13.0 Å². The van der Waals surface area contributed by atoms with Crippen LogP contribution in [0.4, 0.5) is 5.82 Å². The minimum absolute atomic E-state index is 0.0555. The minimum atomic E-state index is -0.243. The molecule has 0 bridgehead atoms. The summed E-state index contributed by atoms with van der Waals surface area (Å²) in [6.07, 6.45) is 10.3. The monoisotopic (exact) mass is 518 g/mol. The molecule has 0 aromatic carbocycles. The van der Waals surface area contributed by atoms with Crippen molar-refractivity contribution in [2.75, 3.05) is 57.3 Å². The third-order valence-corrected chi connectivity index (χ3v) is 8.41. The third-order valence-electron chi connectivity index (χ3n) is 8.41. The van der Waals surface area contributed by atoms with Gasteiger partial charge in [0, 0.05) is 77.7 Å². The number of allylic oxidation sites excluding steroid dienone is 2. The van der Waals surface area contributed by atoms with Crippen LogP contribution in [0.15, 0.2) is 47.4 Å². The molecular weight excluding hydrogens is 476 g/mol. The zero-order valence-electron chi connectivity index (χ0n) is 23.5. The number of nitrogens with zero attached hydrogens (tertiary/aromatic N) is 6. The van der Waals surface area contributed by atoms with Crippen LogP contribution in [-0.4, -0.2) is 82.2 Å². The van der Waals surface area contributed by atoms with E-state index in [1.807, 2.05) is 38.6 Å². The van der Waals surface area contributed by atoms with E-state index < -0.39 is 0 Å². The van der Waals surface area contributed by atoms with Gasteiger partial charge in [-0.3, -0.25) is 14.7 Å². The molecule has 0 aliphatic carbocycles. The van der Waals surface area contributed by atoms with Crippen LogP contribution in [0.25, 0.3) is 5.57 Å². The van der Waals surface area contributed by atoms with Gasteiger partial charge in [0.15, 0.2) is 0 Å². The molecule has 0 radical (unpaired) electrons. The summed E-state index contributed by atoms with van der Waals surface area (Å²) in [5, 5.41) is 7.26. The van der Waals surface area contributed by atoms with Crippen LogP contribution >= 0.6 is 0 Å². The van der Waals surface area contributed by atoms with E-state index in [2.05, 4.69) is 58.3 Å². The molecule has 2 saturated heterocycles. The third kappa shape index (κ3) is 5.35. The molecule has 0 saturated carbocycles. The first kappa shape index (κ1) is 26.4. The SMILES string of the molecule is Cc1cc(C2=CC=C(N3CCN(Cc4cnc(N5CCNCC5)cn4)CC3)NC2(C)C(C)C)cn(C)c1=O. The van der Waals surface area contributed by atoms with Crippen molar-refractivity contribution in [3.05, 3.63) is 69.8 Å². The Hall–Kier alpha value is -3.17. The number of nitrogens with one attached hydrogen (secondary N) is 2. The largest absolute Gasteiger partial charge is 0.362 e. The second-order valence-corrected chi connectivity index (χ2v) is 11.3. The highest BCUT2D eigenvalue weighted by Gasteiger charge is 2.37. The number of aromatic nitrogens is 3. The number of anilines is 1. The standard InChI is InChI=1S/C29H42N8O/c1-21(2)29(4)25(23-16-22(3)28(38)34(5)19-23)6-7-26(33-29)37-14-12-35(13-15-37)20-24-17-32-27(18-31-24)36-10-8-30-9-11-36/h6-7,16-19,21,30,33H,8-15,20H2,1-5H3. The molecule has 9 heteroatoms. The van der Waals surface area contributed by atoms with Gasteiger partial charge in [-0.2, -0.15) is 0 Å². The Balaban J connectivity index is 1.24. The lowest BCUT2D eigenvalue weighted by Crippen LogP contribution is -2.55. The molecule has 0 amide bonds. The van der Waals surface area contributed by atoms with Crippen molar-refractivity contribution in [3.63, 3.8) is 0 Å². The lowest BCUT2D eigenvalue weighted by molar-refractivity contribution is 0.138. The van der Waals surface area contributed by atoms with Crippen LogP contribution in [0.5, 0.6) is 0 Å². The number of rotatable bonds is 6. The Morgan fingerprint density at radius 2 is 1.74 bits per heavy atom. The first-order valence-corrected chi connectivity index (χ1v) is 13.9. The lowest BCUT2D eigenvalue weighted by atomic mass is 9.76. The van der Waals surface area contributed by atoms with Gasteiger partial charge in [0.25, 0.3) is 5.56 Å². The predicted molar refractivity (Wildman–Crippen MR) is 153 cm³/mol. The maximum atomic E-state index is 12.3. The minimum Gasteiger partial charge on any atom is -0.362 e. The van der Waals surface area contributed by atoms with Gasteiger partial charge in [-0.15, -0.1) is 0 Å². The number of pyridine rings is 1. The van der Waals surface area contributed by atoms with E-state index in [1.54, 1.807) is 4.57 Å². The molecule has 0 spiro atoms. The number of hydrogen-bond acceptors (Lipinski definition) is 8. The van der Waals surface area contributed by atoms with Crippen LogP contribution < -0.4 is 21.1 Å². The van der Waals surface area contributed by atoms with E-state index in [0.717, 1.165) is 81.5 Å². The predicted octanol–water partition coefficient (Wildman–Crippen LogP) is 1.95. The highest BCUT2D eigenvalue weighted by Crippen LogP contribution is 2.37. The highest BCUT2D eigenvalue weighted by molar-refractivity contribution is 5.76. The summed E-state index contributed by atoms with van der Waals surface area (Å²) in [7, 11) is 1.83. The fourth-order valence-corrected chi connectivity index (χ4v) is 5.63. The van der Waals surface area contributed by atoms with Crippen LogP contribution in [-0.2, 0) is 13.6 Å². The molecule has 5 heterocycles. The van der Waals surface area contributed by atoms with Crippen molar-refractivity contribution in [2.45, 2.75) is 39.8 Å². The van der Waals surface area contributed by atoms with Gasteiger partial charge in [-0.1, -0.05) is 19.9 Å². The topological polar surface area (TPSA) is 81.6 Å². The quantitative estimate of drug-likeness (QED) is 0.601. The Morgan fingerprint density at radius 3 is 2.37 bits per heavy atom. The Bertz CT molecular complexity index is 1220. The Kier molecular flexibility index (Phi) is 7.59. The van der Waals surface area contributed by atoms with Gasteiger partial charge in [-0.05, 0) is 43.0 Å². The normalized spacial score (nSPS) is 22.8. The summed E-state index contributed by atoms with van der Waals surface area (Å²) < 4.78 is 1.69. The fraction of sp³-hybridized carbons (Fsp3) is 0.552.